The average Bonchev–Trinajstić information content (AvgIpc) is 3.13. The number of fused-ring (bicyclic) bond motifs is 1. The Kier molecular flexibility index (Phi) is 6.76. The summed E-state index contributed by atoms with van der Waals surface area (Å²) in [5.41, 5.74) is 4.95. The third-order valence-electron chi connectivity index (χ3n) is 5.38. The SMILES string of the molecule is Cc1ccc(OCCn2c(CCNC(=O)c3ccc(Cl)cc3)nc3ccccc32)c(C)c1. The van der Waals surface area contributed by atoms with Crippen molar-refractivity contribution in [2.24, 2.45) is 0 Å². The number of carbonyl (C=O) groups excluding carboxylic acids is 1. The van der Waals surface area contributed by atoms with Crippen LogP contribution in [0.4, 0.5) is 0 Å². The zero-order valence-electron chi connectivity index (χ0n) is 18.3. The van der Waals surface area contributed by atoms with E-state index in [1.54, 1.807) is 24.3 Å². The first-order valence-corrected chi connectivity index (χ1v) is 11.1. The van der Waals surface area contributed by atoms with Crippen LogP contribution < -0.4 is 10.1 Å². The van der Waals surface area contributed by atoms with E-state index in [9.17, 15) is 4.79 Å². The number of amides is 1. The number of aromatic nitrogens is 2. The maximum absolute atomic E-state index is 12.4. The fraction of sp³-hybridized carbons (Fsp3) is 0.231. The van der Waals surface area contributed by atoms with Crippen LogP contribution in [-0.4, -0.2) is 28.6 Å². The molecule has 0 unspecified atom stereocenters. The molecule has 4 aromatic rings. The summed E-state index contributed by atoms with van der Waals surface area (Å²) in [7, 11) is 0. The summed E-state index contributed by atoms with van der Waals surface area (Å²) in [6.45, 7) is 5.83. The third-order valence-corrected chi connectivity index (χ3v) is 5.63. The fourth-order valence-electron chi connectivity index (χ4n) is 3.77. The predicted octanol–water partition coefficient (Wildman–Crippen LogP) is 5.36. The first kappa shape index (κ1) is 21.9. The third kappa shape index (κ3) is 5.11. The van der Waals surface area contributed by atoms with Gasteiger partial charge in [-0.2, -0.15) is 0 Å². The second-order valence-electron chi connectivity index (χ2n) is 7.80. The topological polar surface area (TPSA) is 56.1 Å². The van der Waals surface area contributed by atoms with Gasteiger partial charge in [-0.15, -0.1) is 0 Å². The Balaban J connectivity index is 1.42. The van der Waals surface area contributed by atoms with Crippen LogP contribution in [0.3, 0.4) is 0 Å². The normalized spacial score (nSPS) is 11.0. The fourth-order valence-corrected chi connectivity index (χ4v) is 3.89. The van der Waals surface area contributed by atoms with Crippen molar-refractivity contribution in [1.29, 1.82) is 0 Å². The highest BCUT2D eigenvalue weighted by Crippen LogP contribution is 2.20. The van der Waals surface area contributed by atoms with E-state index in [4.69, 9.17) is 21.3 Å². The van der Waals surface area contributed by atoms with Gasteiger partial charge in [0.05, 0.1) is 17.6 Å². The Bertz CT molecular complexity index is 1230. The smallest absolute Gasteiger partial charge is 0.251 e. The number of hydrogen-bond acceptors (Lipinski definition) is 3. The zero-order valence-corrected chi connectivity index (χ0v) is 19.0. The Morgan fingerprint density at radius 2 is 1.84 bits per heavy atom. The molecule has 5 nitrogen and oxygen atoms in total. The predicted molar refractivity (Wildman–Crippen MR) is 129 cm³/mol. The molecule has 1 N–H and O–H groups in total. The molecular formula is C26H26ClN3O2. The summed E-state index contributed by atoms with van der Waals surface area (Å²) in [5, 5.41) is 3.58. The molecule has 4 rings (SSSR count). The molecule has 0 atom stereocenters. The molecule has 0 spiro atoms. The molecule has 32 heavy (non-hydrogen) atoms. The van der Waals surface area contributed by atoms with Crippen LogP contribution in [0.1, 0.15) is 27.3 Å². The molecular weight excluding hydrogens is 422 g/mol. The highest BCUT2D eigenvalue weighted by Gasteiger charge is 2.12. The van der Waals surface area contributed by atoms with Crippen LogP contribution >= 0.6 is 11.6 Å². The molecule has 0 aliphatic carbocycles. The summed E-state index contributed by atoms with van der Waals surface area (Å²) in [4.78, 5) is 17.2. The van der Waals surface area contributed by atoms with Gasteiger partial charge in [-0.25, -0.2) is 4.98 Å². The van der Waals surface area contributed by atoms with Gasteiger partial charge < -0.3 is 14.6 Å². The van der Waals surface area contributed by atoms with Crippen molar-refractivity contribution in [3.63, 3.8) is 0 Å². The molecule has 164 valence electrons. The molecule has 0 saturated heterocycles. The van der Waals surface area contributed by atoms with Crippen molar-refractivity contribution in [1.82, 2.24) is 14.9 Å². The van der Waals surface area contributed by atoms with Crippen molar-refractivity contribution in [3.05, 3.63) is 94.3 Å². The van der Waals surface area contributed by atoms with E-state index in [2.05, 4.69) is 41.9 Å². The van der Waals surface area contributed by atoms with E-state index < -0.39 is 0 Å². The van der Waals surface area contributed by atoms with E-state index in [-0.39, 0.29) is 5.91 Å². The van der Waals surface area contributed by atoms with Gasteiger partial charge in [-0.05, 0) is 61.9 Å². The van der Waals surface area contributed by atoms with E-state index in [1.807, 2.05) is 24.3 Å². The van der Waals surface area contributed by atoms with Gasteiger partial charge in [-0.3, -0.25) is 4.79 Å². The molecule has 0 aliphatic rings. The quantitative estimate of drug-likeness (QED) is 0.395. The number of rotatable bonds is 8. The highest BCUT2D eigenvalue weighted by molar-refractivity contribution is 6.30. The van der Waals surface area contributed by atoms with Crippen LogP contribution in [0, 0.1) is 13.8 Å². The molecule has 0 aliphatic heterocycles. The first-order valence-electron chi connectivity index (χ1n) is 10.7. The van der Waals surface area contributed by atoms with Gasteiger partial charge in [0.25, 0.3) is 5.91 Å². The molecule has 1 aromatic heterocycles. The van der Waals surface area contributed by atoms with E-state index in [1.165, 1.54) is 5.56 Å². The first-order chi connectivity index (χ1) is 15.5. The number of imidazole rings is 1. The van der Waals surface area contributed by atoms with Crippen molar-refractivity contribution in [2.75, 3.05) is 13.2 Å². The van der Waals surface area contributed by atoms with Gasteiger partial charge in [0, 0.05) is 23.6 Å². The summed E-state index contributed by atoms with van der Waals surface area (Å²) >= 11 is 5.90. The lowest BCUT2D eigenvalue weighted by Gasteiger charge is -2.13. The van der Waals surface area contributed by atoms with Crippen molar-refractivity contribution >= 4 is 28.5 Å². The van der Waals surface area contributed by atoms with Crippen LogP contribution in [0.15, 0.2) is 66.7 Å². The molecule has 6 heteroatoms. The number of aryl methyl sites for hydroxylation is 2. The lowest BCUT2D eigenvalue weighted by atomic mass is 10.1. The Hall–Kier alpha value is -3.31. The number of hydrogen-bond donors (Lipinski definition) is 1. The Morgan fingerprint density at radius 3 is 2.62 bits per heavy atom. The molecule has 0 saturated carbocycles. The second kappa shape index (κ2) is 9.88. The van der Waals surface area contributed by atoms with Crippen LogP contribution in [0.5, 0.6) is 5.75 Å². The second-order valence-corrected chi connectivity index (χ2v) is 8.24. The number of nitrogens with zero attached hydrogens (tertiary/aromatic N) is 2. The molecule has 0 bridgehead atoms. The van der Waals surface area contributed by atoms with Crippen LogP contribution in [0.2, 0.25) is 5.02 Å². The minimum atomic E-state index is -0.123. The van der Waals surface area contributed by atoms with Crippen molar-refractivity contribution < 1.29 is 9.53 Å². The van der Waals surface area contributed by atoms with Gasteiger partial charge in [0.15, 0.2) is 0 Å². The Morgan fingerprint density at radius 1 is 1.06 bits per heavy atom. The van der Waals surface area contributed by atoms with Crippen LogP contribution in [-0.2, 0) is 13.0 Å². The number of para-hydroxylation sites is 2. The molecule has 0 radical (unpaired) electrons. The van der Waals surface area contributed by atoms with Gasteiger partial charge in [0.2, 0.25) is 0 Å². The lowest BCUT2D eigenvalue weighted by Crippen LogP contribution is -2.26. The van der Waals surface area contributed by atoms with Gasteiger partial charge in [-0.1, -0.05) is 41.4 Å². The minimum Gasteiger partial charge on any atom is -0.491 e. The number of benzene rings is 3. The summed E-state index contributed by atoms with van der Waals surface area (Å²) in [6.07, 6.45) is 0.623. The van der Waals surface area contributed by atoms with Gasteiger partial charge >= 0.3 is 0 Å². The summed E-state index contributed by atoms with van der Waals surface area (Å²) in [6, 6.07) is 21.1. The maximum Gasteiger partial charge on any atom is 0.251 e. The van der Waals surface area contributed by atoms with Crippen molar-refractivity contribution in [2.45, 2.75) is 26.8 Å². The number of carbonyl (C=O) groups is 1. The molecule has 1 heterocycles. The highest BCUT2D eigenvalue weighted by atomic mass is 35.5. The number of ether oxygens (including phenoxy) is 1. The molecule has 3 aromatic carbocycles. The largest absolute Gasteiger partial charge is 0.491 e. The maximum atomic E-state index is 12.4. The van der Waals surface area contributed by atoms with Gasteiger partial charge in [0.1, 0.15) is 18.2 Å². The number of nitrogens with one attached hydrogen (secondary N) is 1. The van der Waals surface area contributed by atoms with Crippen LogP contribution in [0.25, 0.3) is 11.0 Å². The Labute approximate surface area is 193 Å². The summed E-state index contributed by atoms with van der Waals surface area (Å²) in [5.74, 6) is 1.70. The molecule has 1 amide bonds. The average molecular weight is 448 g/mol. The zero-order chi connectivity index (χ0) is 22.5. The van der Waals surface area contributed by atoms with Crippen molar-refractivity contribution in [3.8, 4) is 5.75 Å². The molecule has 0 fully saturated rings. The van der Waals surface area contributed by atoms with E-state index in [0.29, 0.717) is 36.7 Å². The summed E-state index contributed by atoms with van der Waals surface area (Å²) < 4.78 is 8.22. The van der Waals surface area contributed by atoms with E-state index in [0.717, 1.165) is 28.2 Å². The van der Waals surface area contributed by atoms with E-state index >= 15 is 0 Å². The lowest BCUT2D eigenvalue weighted by molar-refractivity contribution is 0.0954. The standard InChI is InChI=1S/C26H26ClN3O2/c1-18-7-12-24(19(2)17-18)32-16-15-30-23-6-4-3-5-22(23)29-25(30)13-14-28-26(31)20-8-10-21(27)11-9-20/h3-12,17H,13-16H2,1-2H3,(H,28,31). The monoisotopic (exact) mass is 447 g/mol. The minimum absolute atomic E-state index is 0.123. The number of halogens is 1.